The third-order valence-electron chi connectivity index (χ3n) is 4.12. The minimum Gasteiger partial charge on any atom is -0.367 e. The molecule has 0 spiro atoms. The molecule has 0 radical (unpaired) electrons. The zero-order chi connectivity index (χ0) is 13.9. The highest BCUT2D eigenvalue weighted by atomic mass is 15.1. The summed E-state index contributed by atoms with van der Waals surface area (Å²) in [6.45, 7) is 4.24. The van der Waals surface area contributed by atoms with Crippen LogP contribution in [0, 0.1) is 0 Å². The summed E-state index contributed by atoms with van der Waals surface area (Å²) in [7, 11) is 2.01. The molecule has 3 nitrogen and oxygen atoms in total. The predicted molar refractivity (Wildman–Crippen MR) is 82.9 cm³/mol. The number of fused-ring (bicyclic) bond motifs is 1. The molecule has 2 aromatic rings. The van der Waals surface area contributed by atoms with Crippen LogP contribution in [0.2, 0.25) is 0 Å². The van der Waals surface area contributed by atoms with Gasteiger partial charge in [-0.2, -0.15) is 0 Å². The maximum Gasteiger partial charge on any atom is 0.0444 e. The third-order valence-corrected chi connectivity index (χ3v) is 4.12. The first-order valence-electron chi connectivity index (χ1n) is 7.22. The van der Waals surface area contributed by atoms with Gasteiger partial charge in [-0.05, 0) is 49.2 Å². The lowest BCUT2D eigenvalue weighted by atomic mass is 10.0. The highest BCUT2D eigenvalue weighted by molar-refractivity contribution is 5.59. The molecule has 2 heterocycles. The lowest BCUT2D eigenvalue weighted by Crippen LogP contribution is -2.19. The van der Waals surface area contributed by atoms with E-state index < -0.39 is 0 Å². The van der Waals surface area contributed by atoms with Crippen molar-refractivity contribution in [2.45, 2.75) is 25.9 Å². The van der Waals surface area contributed by atoms with Crippen molar-refractivity contribution in [3.8, 4) is 0 Å². The standard InChI is InChI=1S/C17H21N3/c1-13(18-2)15-5-6-17-16(10-15)7-9-20(17)12-14-4-3-8-19-11-14/h3-6,8,10-11,13,18H,7,9,12H2,1-2H3. The Morgan fingerprint density at radius 2 is 2.25 bits per heavy atom. The molecule has 0 saturated heterocycles. The van der Waals surface area contributed by atoms with E-state index in [1.165, 1.54) is 22.4 Å². The van der Waals surface area contributed by atoms with Gasteiger partial charge in [-0.3, -0.25) is 4.98 Å². The van der Waals surface area contributed by atoms with Crippen LogP contribution < -0.4 is 10.2 Å². The topological polar surface area (TPSA) is 28.2 Å². The summed E-state index contributed by atoms with van der Waals surface area (Å²) in [5.41, 5.74) is 5.48. The van der Waals surface area contributed by atoms with Gasteiger partial charge in [0.1, 0.15) is 0 Å². The lowest BCUT2D eigenvalue weighted by Gasteiger charge is -2.20. The van der Waals surface area contributed by atoms with Crippen molar-refractivity contribution in [3.05, 3.63) is 59.4 Å². The Bertz CT molecular complexity index is 580. The van der Waals surface area contributed by atoms with Gasteiger partial charge in [0.05, 0.1) is 0 Å². The van der Waals surface area contributed by atoms with Crippen LogP contribution in [-0.4, -0.2) is 18.6 Å². The molecule has 3 heteroatoms. The van der Waals surface area contributed by atoms with Crippen LogP contribution in [0.4, 0.5) is 5.69 Å². The number of aromatic nitrogens is 1. The third kappa shape index (κ3) is 2.54. The number of nitrogens with zero attached hydrogens (tertiary/aromatic N) is 2. The van der Waals surface area contributed by atoms with E-state index in [0.29, 0.717) is 6.04 Å². The normalized spacial score (nSPS) is 15.2. The first-order valence-corrected chi connectivity index (χ1v) is 7.22. The van der Waals surface area contributed by atoms with Crippen LogP contribution in [0.1, 0.15) is 29.7 Å². The van der Waals surface area contributed by atoms with Gasteiger partial charge in [-0.1, -0.05) is 18.2 Å². The number of rotatable bonds is 4. The van der Waals surface area contributed by atoms with Crippen LogP contribution in [-0.2, 0) is 13.0 Å². The molecule has 1 N–H and O–H groups in total. The van der Waals surface area contributed by atoms with Gasteiger partial charge in [0, 0.05) is 37.2 Å². The Labute approximate surface area is 120 Å². The summed E-state index contributed by atoms with van der Waals surface area (Å²) in [5, 5.41) is 3.30. The van der Waals surface area contributed by atoms with Gasteiger partial charge in [0.15, 0.2) is 0 Å². The van der Waals surface area contributed by atoms with Gasteiger partial charge >= 0.3 is 0 Å². The molecule has 3 rings (SSSR count). The highest BCUT2D eigenvalue weighted by Gasteiger charge is 2.20. The SMILES string of the molecule is CNC(C)c1ccc2c(c1)CCN2Cc1cccnc1. The Morgan fingerprint density at radius 1 is 1.35 bits per heavy atom. The molecule has 104 valence electrons. The first-order chi connectivity index (χ1) is 9.78. The molecular formula is C17H21N3. The van der Waals surface area contributed by atoms with E-state index in [4.69, 9.17) is 0 Å². The quantitative estimate of drug-likeness (QED) is 0.923. The number of pyridine rings is 1. The minimum absolute atomic E-state index is 0.410. The van der Waals surface area contributed by atoms with E-state index in [1.807, 2.05) is 25.5 Å². The van der Waals surface area contributed by atoms with Crippen LogP contribution in [0.15, 0.2) is 42.7 Å². The number of nitrogens with one attached hydrogen (secondary N) is 1. The predicted octanol–water partition coefficient (Wildman–Crippen LogP) is 2.92. The molecule has 0 aliphatic carbocycles. The highest BCUT2D eigenvalue weighted by Crippen LogP contribution is 2.31. The largest absolute Gasteiger partial charge is 0.367 e. The maximum absolute atomic E-state index is 4.20. The van der Waals surface area contributed by atoms with Crippen molar-refractivity contribution in [2.24, 2.45) is 0 Å². The summed E-state index contributed by atoms with van der Waals surface area (Å²) < 4.78 is 0. The van der Waals surface area contributed by atoms with Crippen LogP contribution in [0.25, 0.3) is 0 Å². The fourth-order valence-electron chi connectivity index (χ4n) is 2.80. The molecule has 1 aliphatic heterocycles. The maximum atomic E-state index is 4.20. The zero-order valence-corrected chi connectivity index (χ0v) is 12.1. The second kappa shape index (κ2) is 5.63. The number of hydrogen-bond acceptors (Lipinski definition) is 3. The van der Waals surface area contributed by atoms with Gasteiger partial charge in [-0.25, -0.2) is 0 Å². The number of benzene rings is 1. The number of anilines is 1. The molecular weight excluding hydrogens is 246 g/mol. The van der Waals surface area contributed by atoms with Crippen molar-refractivity contribution in [1.82, 2.24) is 10.3 Å². The minimum atomic E-state index is 0.410. The van der Waals surface area contributed by atoms with Crippen molar-refractivity contribution >= 4 is 5.69 Å². The average Bonchev–Trinajstić information content (AvgIpc) is 2.90. The molecule has 0 bridgehead atoms. The molecule has 1 aromatic carbocycles. The molecule has 0 amide bonds. The summed E-state index contributed by atoms with van der Waals surface area (Å²) in [4.78, 5) is 6.64. The average molecular weight is 267 g/mol. The summed E-state index contributed by atoms with van der Waals surface area (Å²) in [5.74, 6) is 0. The molecule has 1 unspecified atom stereocenters. The Balaban J connectivity index is 1.80. The first kappa shape index (κ1) is 13.1. The second-order valence-corrected chi connectivity index (χ2v) is 5.43. The molecule has 1 aromatic heterocycles. The molecule has 0 saturated carbocycles. The lowest BCUT2D eigenvalue weighted by molar-refractivity contribution is 0.652. The van der Waals surface area contributed by atoms with Crippen LogP contribution in [0.5, 0.6) is 0 Å². The summed E-state index contributed by atoms with van der Waals surface area (Å²) >= 11 is 0. The van der Waals surface area contributed by atoms with Gasteiger partial charge in [0.2, 0.25) is 0 Å². The molecule has 1 aliphatic rings. The van der Waals surface area contributed by atoms with Crippen molar-refractivity contribution < 1.29 is 0 Å². The van der Waals surface area contributed by atoms with Crippen LogP contribution >= 0.6 is 0 Å². The molecule has 0 fully saturated rings. The van der Waals surface area contributed by atoms with Gasteiger partial charge in [-0.15, -0.1) is 0 Å². The monoisotopic (exact) mass is 267 g/mol. The van der Waals surface area contributed by atoms with Crippen molar-refractivity contribution in [1.29, 1.82) is 0 Å². The molecule has 1 atom stereocenters. The van der Waals surface area contributed by atoms with E-state index in [2.05, 4.69) is 46.4 Å². The summed E-state index contributed by atoms with van der Waals surface area (Å²) in [6.07, 6.45) is 4.92. The van der Waals surface area contributed by atoms with E-state index >= 15 is 0 Å². The number of hydrogen-bond donors (Lipinski definition) is 1. The van der Waals surface area contributed by atoms with Crippen molar-refractivity contribution in [2.75, 3.05) is 18.5 Å². The fraction of sp³-hybridized carbons (Fsp3) is 0.353. The Hall–Kier alpha value is -1.87. The van der Waals surface area contributed by atoms with Gasteiger partial charge < -0.3 is 10.2 Å². The smallest absolute Gasteiger partial charge is 0.0444 e. The second-order valence-electron chi connectivity index (χ2n) is 5.43. The zero-order valence-electron chi connectivity index (χ0n) is 12.1. The van der Waals surface area contributed by atoms with E-state index in [-0.39, 0.29) is 0 Å². The van der Waals surface area contributed by atoms with E-state index in [1.54, 1.807) is 0 Å². The fourth-order valence-corrected chi connectivity index (χ4v) is 2.80. The van der Waals surface area contributed by atoms with E-state index in [9.17, 15) is 0 Å². The van der Waals surface area contributed by atoms with Crippen LogP contribution in [0.3, 0.4) is 0 Å². The Kier molecular flexibility index (Phi) is 3.70. The Morgan fingerprint density at radius 3 is 3.00 bits per heavy atom. The molecule has 20 heavy (non-hydrogen) atoms. The summed E-state index contributed by atoms with van der Waals surface area (Å²) in [6, 6.07) is 11.4. The van der Waals surface area contributed by atoms with Gasteiger partial charge in [0.25, 0.3) is 0 Å². The van der Waals surface area contributed by atoms with Crippen molar-refractivity contribution in [3.63, 3.8) is 0 Å². The van der Waals surface area contributed by atoms with E-state index in [0.717, 1.165) is 19.5 Å².